The van der Waals surface area contributed by atoms with Crippen molar-refractivity contribution in [3.8, 4) is 11.1 Å². The third kappa shape index (κ3) is 4.35. The first kappa shape index (κ1) is 18.1. The van der Waals surface area contributed by atoms with Gasteiger partial charge in [0, 0.05) is 34.5 Å². The number of nitrogens with zero attached hydrogens (tertiary/aromatic N) is 2. The lowest BCUT2D eigenvalue weighted by atomic mass is 10.1. The van der Waals surface area contributed by atoms with Gasteiger partial charge in [0.15, 0.2) is 0 Å². The van der Waals surface area contributed by atoms with Crippen molar-refractivity contribution in [2.45, 2.75) is 12.8 Å². The Labute approximate surface area is 167 Å². The van der Waals surface area contributed by atoms with Gasteiger partial charge in [-0.15, -0.1) is 0 Å². The van der Waals surface area contributed by atoms with Gasteiger partial charge in [-0.2, -0.15) is 0 Å². The number of rotatable bonds is 5. The minimum absolute atomic E-state index is 0.0510. The van der Waals surface area contributed by atoms with Gasteiger partial charge in [-0.25, -0.2) is 4.98 Å². The summed E-state index contributed by atoms with van der Waals surface area (Å²) in [6, 6.07) is 12.4. The highest BCUT2D eigenvalue weighted by Crippen LogP contribution is 2.30. The lowest BCUT2D eigenvalue weighted by Gasteiger charge is -2.09. The van der Waals surface area contributed by atoms with Gasteiger partial charge in [0.1, 0.15) is 5.82 Å². The molecule has 0 unspecified atom stereocenters. The Balaban J connectivity index is 1.48. The van der Waals surface area contributed by atoms with E-state index in [2.05, 4.69) is 20.6 Å². The Morgan fingerprint density at radius 2 is 1.75 bits per heavy atom. The Morgan fingerprint density at radius 1 is 0.964 bits per heavy atom. The molecule has 3 aromatic rings. The number of hydrogen-bond acceptors (Lipinski definition) is 4. The standard InChI is InChI=1S/C21H17ClN4O2/c22-17-5-3-13(4-6-17)16-9-18(12-23-11-16)25-21(28)15-7-8-24-19(10-15)26-20(27)14-1-2-14/h3-12,14H,1-2H2,(H,25,28)(H,24,26,27). The van der Waals surface area contributed by atoms with Crippen LogP contribution in [0, 0.1) is 5.92 Å². The van der Waals surface area contributed by atoms with Crippen LogP contribution in [0.1, 0.15) is 23.2 Å². The highest BCUT2D eigenvalue weighted by molar-refractivity contribution is 6.30. The molecule has 0 bridgehead atoms. The zero-order valence-electron chi connectivity index (χ0n) is 14.9. The molecule has 2 N–H and O–H groups in total. The lowest BCUT2D eigenvalue weighted by molar-refractivity contribution is -0.117. The molecule has 7 heteroatoms. The predicted molar refractivity (Wildman–Crippen MR) is 108 cm³/mol. The first-order chi connectivity index (χ1) is 13.6. The molecular formula is C21H17ClN4O2. The first-order valence-electron chi connectivity index (χ1n) is 8.88. The van der Waals surface area contributed by atoms with Gasteiger partial charge in [0.2, 0.25) is 5.91 Å². The second kappa shape index (κ2) is 7.78. The van der Waals surface area contributed by atoms with Crippen molar-refractivity contribution in [3.63, 3.8) is 0 Å². The molecule has 28 heavy (non-hydrogen) atoms. The van der Waals surface area contributed by atoms with Crippen LogP contribution in [0.5, 0.6) is 0 Å². The minimum Gasteiger partial charge on any atom is -0.321 e. The van der Waals surface area contributed by atoms with E-state index in [1.165, 1.54) is 6.20 Å². The third-order valence-corrected chi connectivity index (χ3v) is 4.65. The van der Waals surface area contributed by atoms with Gasteiger partial charge in [-0.05, 0) is 48.7 Å². The smallest absolute Gasteiger partial charge is 0.255 e. The summed E-state index contributed by atoms with van der Waals surface area (Å²) in [5.74, 6) is 0.0860. The van der Waals surface area contributed by atoms with Crippen molar-refractivity contribution in [1.29, 1.82) is 0 Å². The summed E-state index contributed by atoms with van der Waals surface area (Å²) in [6.07, 6.45) is 6.61. The number of anilines is 2. The van der Waals surface area contributed by atoms with Crippen molar-refractivity contribution >= 4 is 34.9 Å². The van der Waals surface area contributed by atoms with Gasteiger partial charge in [-0.3, -0.25) is 14.6 Å². The molecule has 0 aliphatic heterocycles. The third-order valence-electron chi connectivity index (χ3n) is 4.40. The van der Waals surface area contributed by atoms with Gasteiger partial charge in [0.25, 0.3) is 5.91 Å². The van der Waals surface area contributed by atoms with Crippen LogP contribution in [0.3, 0.4) is 0 Å². The van der Waals surface area contributed by atoms with E-state index in [9.17, 15) is 9.59 Å². The number of benzene rings is 1. The summed E-state index contributed by atoms with van der Waals surface area (Å²) in [6.45, 7) is 0. The Kier molecular flexibility index (Phi) is 5.04. The molecule has 2 aromatic heterocycles. The Bertz CT molecular complexity index is 1030. The first-order valence-corrected chi connectivity index (χ1v) is 9.25. The maximum absolute atomic E-state index is 12.6. The van der Waals surface area contributed by atoms with Crippen LogP contribution in [0.2, 0.25) is 5.02 Å². The highest BCUT2D eigenvalue weighted by Gasteiger charge is 2.29. The second-order valence-electron chi connectivity index (χ2n) is 6.62. The molecule has 4 rings (SSSR count). The number of nitrogens with one attached hydrogen (secondary N) is 2. The zero-order chi connectivity index (χ0) is 19.5. The summed E-state index contributed by atoms with van der Waals surface area (Å²) in [5.41, 5.74) is 2.78. The van der Waals surface area contributed by atoms with Gasteiger partial charge < -0.3 is 10.6 Å². The molecule has 2 heterocycles. The van der Waals surface area contributed by atoms with Gasteiger partial charge in [0.05, 0.1) is 11.9 Å². The van der Waals surface area contributed by atoms with Crippen molar-refractivity contribution in [1.82, 2.24) is 9.97 Å². The van der Waals surface area contributed by atoms with Crippen molar-refractivity contribution in [2.24, 2.45) is 5.92 Å². The van der Waals surface area contributed by atoms with Crippen LogP contribution in [0.15, 0.2) is 61.1 Å². The fraction of sp³-hybridized carbons (Fsp3) is 0.143. The summed E-state index contributed by atoms with van der Waals surface area (Å²) < 4.78 is 0. The number of pyridine rings is 2. The SMILES string of the molecule is O=C(Nc1cncc(-c2ccc(Cl)cc2)c1)c1ccnc(NC(=O)C2CC2)c1. The predicted octanol–water partition coefficient (Wildman–Crippen LogP) is 4.40. The van der Waals surface area contributed by atoms with Crippen LogP contribution in [-0.2, 0) is 4.79 Å². The van der Waals surface area contributed by atoms with Crippen LogP contribution in [0.25, 0.3) is 11.1 Å². The van der Waals surface area contributed by atoms with E-state index in [1.807, 2.05) is 18.2 Å². The minimum atomic E-state index is -0.306. The number of carbonyl (C=O) groups excluding carboxylic acids is 2. The highest BCUT2D eigenvalue weighted by atomic mass is 35.5. The van der Waals surface area contributed by atoms with E-state index in [0.717, 1.165) is 24.0 Å². The number of hydrogen-bond donors (Lipinski definition) is 2. The van der Waals surface area contributed by atoms with E-state index in [0.29, 0.717) is 22.1 Å². The van der Waals surface area contributed by atoms with Gasteiger partial charge >= 0.3 is 0 Å². The maximum Gasteiger partial charge on any atom is 0.255 e. The van der Waals surface area contributed by atoms with Crippen LogP contribution in [-0.4, -0.2) is 21.8 Å². The molecule has 1 aromatic carbocycles. The van der Waals surface area contributed by atoms with E-state index in [4.69, 9.17) is 11.6 Å². The molecule has 0 atom stereocenters. The molecule has 1 fully saturated rings. The number of halogens is 1. The molecule has 1 aliphatic rings. The fourth-order valence-electron chi connectivity index (χ4n) is 2.73. The number of amides is 2. The summed E-state index contributed by atoms with van der Waals surface area (Å²) in [4.78, 5) is 32.8. The monoisotopic (exact) mass is 392 g/mol. The lowest BCUT2D eigenvalue weighted by Crippen LogP contribution is -2.16. The summed E-state index contributed by atoms with van der Waals surface area (Å²) in [5, 5.41) is 6.23. The summed E-state index contributed by atoms with van der Waals surface area (Å²) >= 11 is 5.93. The van der Waals surface area contributed by atoms with E-state index in [-0.39, 0.29) is 17.7 Å². The van der Waals surface area contributed by atoms with Crippen molar-refractivity contribution in [3.05, 3.63) is 71.6 Å². The van der Waals surface area contributed by atoms with Crippen LogP contribution >= 0.6 is 11.6 Å². The molecule has 6 nitrogen and oxygen atoms in total. The molecule has 0 spiro atoms. The molecule has 0 radical (unpaired) electrons. The number of carbonyl (C=O) groups is 2. The Morgan fingerprint density at radius 3 is 2.50 bits per heavy atom. The average molecular weight is 393 g/mol. The fourth-order valence-corrected chi connectivity index (χ4v) is 2.85. The van der Waals surface area contributed by atoms with Crippen molar-refractivity contribution in [2.75, 3.05) is 10.6 Å². The summed E-state index contributed by atoms with van der Waals surface area (Å²) in [7, 11) is 0. The number of aromatic nitrogens is 2. The zero-order valence-corrected chi connectivity index (χ0v) is 15.6. The normalized spacial score (nSPS) is 13.0. The Hall–Kier alpha value is -3.25. The molecule has 2 amide bonds. The quantitative estimate of drug-likeness (QED) is 0.674. The van der Waals surface area contributed by atoms with Crippen molar-refractivity contribution < 1.29 is 9.59 Å². The topological polar surface area (TPSA) is 84.0 Å². The molecule has 140 valence electrons. The largest absolute Gasteiger partial charge is 0.321 e. The van der Waals surface area contributed by atoms with Gasteiger partial charge in [-0.1, -0.05) is 23.7 Å². The molecule has 1 aliphatic carbocycles. The van der Waals surface area contributed by atoms with E-state index < -0.39 is 0 Å². The van der Waals surface area contributed by atoms with E-state index in [1.54, 1.807) is 36.7 Å². The van der Waals surface area contributed by atoms with E-state index >= 15 is 0 Å². The maximum atomic E-state index is 12.6. The molecular weight excluding hydrogens is 376 g/mol. The van der Waals surface area contributed by atoms with Crippen LogP contribution in [0.4, 0.5) is 11.5 Å². The van der Waals surface area contributed by atoms with Crippen LogP contribution < -0.4 is 10.6 Å². The molecule has 1 saturated carbocycles. The average Bonchev–Trinajstić information content (AvgIpc) is 3.54. The molecule has 0 saturated heterocycles. The second-order valence-corrected chi connectivity index (χ2v) is 7.05.